The lowest BCUT2D eigenvalue weighted by atomic mass is 10.0. The molecular formula is C12H16ClN3O. The quantitative estimate of drug-likeness (QED) is 0.352. The van der Waals surface area contributed by atoms with Gasteiger partial charge in [0, 0.05) is 16.5 Å². The Morgan fingerprint density at radius 1 is 1.47 bits per heavy atom. The van der Waals surface area contributed by atoms with E-state index in [9.17, 15) is 0 Å². The Bertz CT molecular complexity index is 416. The van der Waals surface area contributed by atoms with E-state index in [2.05, 4.69) is 10.0 Å². The van der Waals surface area contributed by atoms with Crippen LogP contribution in [0.15, 0.2) is 23.3 Å². The fraction of sp³-hybridized carbons (Fsp3) is 0.500. The highest BCUT2D eigenvalue weighted by atomic mass is 35.5. The first-order valence-electron chi connectivity index (χ1n) is 5.60. The van der Waals surface area contributed by atoms with Crippen molar-refractivity contribution in [3.05, 3.63) is 44.8 Å². The molecule has 4 nitrogen and oxygen atoms in total. The predicted molar refractivity (Wildman–Crippen MR) is 69.0 cm³/mol. The normalized spacial score (nSPS) is 11.9. The molecule has 0 aromatic heterocycles. The molecule has 0 bridgehead atoms. The summed E-state index contributed by atoms with van der Waals surface area (Å²) in [6, 6.07) is 5.47. The Hall–Kier alpha value is -1.22. The highest BCUT2D eigenvalue weighted by molar-refractivity contribution is 6.31. The largest absolute Gasteiger partial charge is 0.396 e. The average Bonchev–Trinajstić information content (AvgIpc) is 2.32. The van der Waals surface area contributed by atoms with Crippen molar-refractivity contribution >= 4 is 11.6 Å². The number of hydrogen-bond donors (Lipinski definition) is 1. The number of rotatable bonds is 6. The molecule has 0 aliphatic carbocycles. The molecule has 0 saturated carbocycles. The van der Waals surface area contributed by atoms with Crippen molar-refractivity contribution in [2.75, 3.05) is 6.61 Å². The van der Waals surface area contributed by atoms with Crippen LogP contribution in [-0.4, -0.2) is 11.7 Å². The van der Waals surface area contributed by atoms with Gasteiger partial charge < -0.3 is 5.11 Å². The van der Waals surface area contributed by atoms with Gasteiger partial charge in [-0.1, -0.05) is 35.3 Å². The summed E-state index contributed by atoms with van der Waals surface area (Å²) in [4.78, 5) is 2.87. The Labute approximate surface area is 106 Å². The van der Waals surface area contributed by atoms with E-state index in [1.165, 1.54) is 0 Å². The highest BCUT2D eigenvalue weighted by Crippen LogP contribution is 2.27. The number of benzene rings is 1. The van der Waals surface area contributed by atoms with Crippen molar-refractivity contribution in [1.82, 2.24) is 0 Å². The zero-order valence-electron chi connectivity index (χ0n) is 9.80. The average molecular weight is 254 g/mol. The second-order valence-corrected chi connectivity index (χ2v) is 4.36. The van der Waals surface area contributed by atoms with E-state index in [4.69, 9.17) is 22.2 Å². The summed E-state index contributed by atoms with van der Waals surface area (Å²) in [5.74, 6) is 0. The number of halogens is 1. The molecule has 0 fully saturated rings. The van der Waals surface area contributed by atoms with Crippen molar-refractivity contribution in [2.24, 2.45) is 5.11 Å². The maximum Gasteiger partial charge on any atom is 0.0625 e. The molecule has 0 aliphatic rings. The molecule has 92 valence electrons. The van der Waals surface area contributed by atoms with Gasteiger partial charge in [0.15, 0.2) is 0 Å². The first-order chi connectivity index (χ1) is 8.19. The van der Waals surface area contributed by atoms with E-state index < -0.39 is 0 Å². The van der Waals surface area contributed by atoms with Crippen LogP contribution in [0.3, 0.4) is 0 Å². The molecule has 1 aromatic rings. The minimum Gasteiger partial charge on any atom is -0.396 e. The van der Waals surface area contributed by atoms with E-state index in [0.29, 0.717) is 5.02 Å². The zero-order chi connectivity index (χ0) is 12.7. The standard InChI is InChI=1S/C12H16ClN3O/c1-9-8-10(5-6-11(9)13)12(15-16-14)4-2-3-7-17/h5-6,8,12,17H,2-4,7H2,1H3. The van der Waals surface area contributed by atoms with Crippen molar-refractivity contribution in [1.29, 1.82) is 0 Å². The number of nitrogens with zero attached hydrogens (tertiary/aromatic N) is 3. The van der Waals surface area contributed by atoms with E-state index in [1.54, 1.807) is 0 Å². The number of aryl methyl sites for hydroxylation is 1. The van der Waals surface area contributed by atoms with Crippen LogP contribution in [0.25, 0.3) is 10.4 Å². The summed E-state index contributed by atoms with van der Waals surface area (Å²) in [5, 5.41) is 13.2. The summed E-state index contributed by atoms with van der Waals surface area (Å²) in [5.41, 5.74) is 10.5. The molecule has 0 spiro atoms. The number of unbranched alkanes of at least 4 members (excludes halogenated alkanes) is 1. The van der Waals surface area contributed by atoms with Crippen LogP contribution in [0.5, 0.6) is 0 Å². The Balaban J connectivity index is 2.81. The lowest BCUT2D eigenvalue weighted by molar-refractivity contribution is 0.281. The Morgan fingerprint density at radius 3 is 2.82 bits per heavy atom. The molecule has 0 radical (unpaired) electrons. The van der Waals surface area contributed by atoms with Gasteiger partial charge in [0.25, 0.3) is 0 Å². The van der Waals surface area contributed by atoms with Gasteiger partial charge >= 0.3 is 0 Å². The highest BCUT2D eigenvalue weighted by Gasteiger charge is 2.10. The van der Waals surface area contributed by atoms with E-state index in [1.807, 2.05) is 25.1 Å². The molecule has 1 aromatic carbocycles. The molecule has 1 atom stereocenters. The third-order valence-electron chi connectivity index (χ3n) is 2.64. The van der Waals surface area contributed by atoms with Crippen LogP contribution in [0.2, 0.25) is 5.02 Å². The van der Waals surface area contributed by atoms with E-state index in [0.717, 1.165) is 30.4 Å². The van der Waals surface area contributed by atoms with Crippen molar-refractivity contribution in [3.63, 3.8) is 0 Å². The molecule has 0 amide bonds. The summed E-state index contributed by atoms with van der Waals surface area (Å²) in [6.45, 7) is 2.09. The van der Waals surface area contributed by atoms with Gasteiger partial charge in [0.05, 0.1) is 6.04 Å². The second kappa shape index (κ2) is 7.17. The van der Waals surface area contributed by atoms with Gasteiger partial charge in [-0.25, -0.2) is 0 Å². The molecule has 1 rings (SSSR count). The van der Waals surface area contributed by atoms with Gasteiger partial charge in [-0.05, 0) is 42.5 Å². The molecule has 17 heavy (non-hydrogen) atoms. The molecular weight excluding hydrogens is 238 g/mol. The number of hydrogen-bond acceptors (Lipinski definition) is 2. The zero-order valence-corrected chi connectivity index (χ0v) is 10.6. The summed E-state index contributed by atoms with van der Waals surface area (Å²) >= 11 is 5.95. The monoisotopic (exact) mass is 253 g/mol. The smallest absolute Gasteiger partial charge is 0.0625 e. The molecule has 5 heteroatoms. The third kappa shape index (κ3) is 4.27. The fourth-order valence-electron chi connectivity index (χ4n) is 1.68. The second-order valence-electron chi connectivity index (χ2n) is 3.95. The lowest BCUT2D eigenvalue weighted by Gasteiger charge is -2.12. The number of aliphatic hydroxyl groups is 1. The van der Waals surface area contributed by atoms with Crippen LogP contribution in [0.1, 0.15) is 36.4 Å². The molecule has 1 unspecified atom stereocenters. The van der Waals surface area contributed by atoms with Crippen molar-refractivity contribution in [2.45, 2.75) is 32.2 Å². The maximum absolute atomic E-state index is 8.74. The van der Waals surface area contributed by atoms with Gasteiger partial charge in [-0.3, -0.25) is 0 Å². The lowest BCUT2D eigenvalue weighted by Crippen LogP contribution is -1.96. The van der Waals surface area contributed by atoms with Crippen LogP contribution < -0.4 is 0 Å². The van der Waals surface area contributed by atoms with Gasteiger partial charge in [0.1, 0.15) is 0 Å². The molecule has 1 N–H and O–H groups in total. The first kappa shape index (κ1) is 13.8. The van der Waals surface area contributed by atoms with Crippen LogP contribution in [0, 0.1) is 6.92 Å². The number of azide groups is 1. The molecule has 0 heterocycles. The minimum absolute atomic E-state index is 0.169. The van der Waals surface area contributed by atoms with E-state index >= 15 is 0 Å². The summed E-state index contributed by atoms with van der Waals surface area (Å²) in [6.07, 6.45) is 2.30. The first-order valence-corrected chi connectivity index (χ1v) is 5.98. The topological polar surface area (TPSA) is 69.0 Å². The maximum atomic E-state index is 8.74. The predicted octanol–water partition coefficient (Wildman–Crippen LogP) is 4.16. The minimum atomic E-state index is -0.178. The Kier molecular flexibility index (Phi) is 5.84. The van der Waals surface area contributed by atoms with Gasteiger partial charge in [-0.2, -0.15) is 0 Å². The van der Waals surface area contributed by atoms with Gasteiger partial charge in [0.2, 0.25) is 0 Å². The fourth-order valence-corrected chi connectivity index (χ4v) is 1.80. The SMILES string of the molecule is Cc1cc(C(CCCCO)N=[N+]=[N-])ccc1Cl. The summed E-state index contributed by atoms with van der Waals surface area (Å²) < 4.78 is 0. The van der Waals surface area contributed by atoms with Crippen molar-refractivity contribution in [3.8, 4) is 0 Å². The third-order valence-corrected chi connectivity index (χ3v) is 3.07. The number of aliphatic hydroxyl groups excluding tert-OH is 1. The summed E-state index contributed by atoms with van der Waals surface area (Å²) in [7, 11) is 0. The van der Waals surface area contributed by atoms with E-state index in [-0.39, 0.29) is 12.6 Å². The Morgan fingerprint density at radius 2 is 2.24 bits per heavy atom. The van der Waals surface area contributed by atoms with Gasteiger partial charge in [-0.15, -0.1) is 0 Å². The van der Waals surface area contributed by atoms with Crippen LogP contribution in [0.4, 0.5) is 0 Å². The van der Waals surface area contributed by atoms with Crippen LogP contribution in [-0.2, 0) is 0 Å². The van der Waals surface area contributed by atoms with Crippen molar-refractivity contribution < 1.29 is 5.11 Å². The molecule has 0 saturated heterocycles. The molecule has 0 aliphatic heterocycles. The van der Waals surface area contributed by atoms with Crippen LogP contribution >= 0.6 is 11.6 Å².